The molecule has 8 heteroatoms. The van der Waals surface area contributed by atoms with Crippen LogP contribution >= 0.6 is 23.8 Å². The maximum absolute atomic E-state index is 10.9. The maximum Gasteiger partial charge on any atom is 0.294 e. The van der Waals surface area contributed by atoms with Crippen molar-refractivity contribution in [3.63, 3.8) is 0 Å². The van der Waals surface area contributed by atoms with Crippen molar-refractivity contribution in [1.82, 2.24) is 5.43 Å². The van der Waals surface area contributed by atoms with E-state index in [1.807, 2.05) is 0 Å². The van der Waals surface area contributed by atoms with Crippen LogP contribution < -0.4 is 16.2 Å². The highest BCUT2D eigenvalue weighted by molar-refractivity contribution is 7.80. The molecule has 0 unspecified atom stereocenters. The van der Waals surface area contributed by atoms with E-state index in [0.29, 0.717) is 10.7 Å². The Morgan fingerprint density at radius 1 is 1.14 bits per heavy atom. The van der Waals surface area contributed by atoms with Crippen LogP contribution in [0.15, 0.2) is 48.5 Å². The normalized spacial score (nSPS) is 9.76. The van der Waals surface area contributed by atoms with Gasteiger partial charge in [0.1, 0.15) is 5.69 Å². The van der Waals surface area contributed by atoms with Gasteiger partial charge in [-0.25, -0.2) is 0 Å². The largest absolute Gasteiger partial charge is 0.331 e. The van der Waals surface area contributed by atoms with E-state index in [1.54, 1.807) is 42.5 Å². The lowest BCUT2D eigenvalue weighted by atomic mass is 10.3. The van der Waals surface area contributed by atoms with Gasteiger partial charge in [0.25, 0.3) is 5.69 Å². The molecule has 0 aliphatic carbocycles. The lowest BCUT2D eigenvalue weighted by molar-refractivity contribution is -0.384. The second kappa shape index (κ2) is 6.87. The fourth-order valence-electron chi connectivity index (χ4n) is 1.56. The van der Waals surface area contributed by atoms with Gasteiger partial charge in [0, 0.05) is 16.8 Å². The molecule has 6 nitrogen and oxygen atoms in total. The SMILES string of the molecule is O=[N+]([O-])c1ccccc1NNC(=S)Nc1ccc(Cl)cc1. The summed E-state index contributed by atoms with van der Waals surface area (Å²) in [5.74, 6) is 0. The van der Waals surface area contributed by atoms with Gasteiger partial charge in [0.15, 0.2) is 5.11 Å². The molecule has 0 aliphatic heterocycles. The first-order valence-corrected chi connectivity index (χ1v) is 6.67. The monoisotopic (exact) mass is 322 g/mol. The molecule has 0 atom stereocenters. The minimum absolute atomic E-state index is 0.0423. The first kappa shape index (κ1) is 15.0. The summed E-state index contributed by atoms with van der Waals surface area (Å²) in [4.78, 5) is 10.4. The predicted octanol–water partition coefficient (Wildman–Crippen LogP) is 3.56. The summed E-state index contributed by atoms with van der Waals surface area (Å²) in [7, 11) is 0. The van der Waals surface area contributed by atoms with Crippen LogP contribution in [0.1, 0.15) is 0 Å². The number of nitro benzene ring substituents is 1. The zero-order chi connectivity index (χ0) is 15.2. The summed E-state index contributed by atoms with van der Waals surface area (Å²) >= 11 is 10.9. The molecule has 0 saturated carbocycles. The fraction of sp³-hybridized carbons (Fsp3) is 0. The van der Waals surface area contributed by atoms with Crippen LogP contribution in [0.2, 0.25) is 5.02 Å². The van der Waals surface area contributed by atoms with E-state index in [-0.39, 0.29) is 10.8 Å². The van der Waals surface area contributed by atoms with Gasteiger partial charge in [0.2, 0.25) is 0 Å². The second-order valence-corrected chi connectivity index (χ2v) is 4.83. The molecule has 21 heavy (non-hydrogen) atoms. The number of nitro groups is 1. The highest BCUT2D eigenvalue weighted by atomic mass is 35.5. The van der Waals surface area contributed by atoms with E-state index in [1.165, 1.54) is 6.07 Å². The molecular formula is C13H11ClN4O2S. The summed E-state index contributed by atoms with van der Waals surface area (Å²) in [5.41, 5.74) is 6.43. The Bertz CT molecular complexity index is 663. The van der Waals surface area contributed by atoms with E-state index in [9.17, 15) is 10.1 Å². The number of para-hydroxylation sites is 2. The Labute approximate surface area is 131 Å². The molecule has 0 spiro atoms. The van der Waals surface area contributed by atoms with Crippen molar-refractivity contribution in [3.05, 3.63) is 63.7 Å². The zero-order valence-corrected chi connectivity index (χ0v) is 12.2. The highest BCUT2D eigenvalue weighted by Crippen LogP contribution is 2.22. The second-order valence-electron chi connectivity index (χ2n) is 3.99. The fourth-order valence-corrected chi connectivity index (χ4v) is 1.85. The molecule has 0 radical (unpaired) electrons. The van der Waals surface area contributed by atoms with Crippen LogP contribution in [0.25, 0.3) is 0 Å². The zero-order valence-electron chi connectivity index (χ0n) is 10.7. The average Bonchev–Trinajstić information content (AvgIpc) is 2.48. The van der Waals surface area contributed by atoms with E-state index < -0.39 is 4.92 Å². The standard InChI is InChI=1S/C13H11ClN4O2S/c14-9-5-7-10(8-6-9)15-13(21)17-16-11-3-1-2-4-12(11)18(19)20/h1-8,16H,(H2,15,17,21). The van der Waals surface area contributed by atoms with Crippen molar-refractivity contribution in [2.75, 3.05) is 10.7 Å². The average molecular weight is 323 g/mol. The minimum Gasteiger partial charge on any atom is -0.331 e. The summed E-state index contributed by atoms with van der Waals surface area (Å²) in [6, 6.07) is 13.2. The number of hydrogen-bond acceptors (Lipinski definition) is 4. The maximum atomic E-state index is 10.9. The molecule has 108 valence electrons. The van der Waals surface area contributed by atoms with Crippen LogP contribution in [0.3, 0.4) is 0 Å². The molecule has 0 aromatic heterocycles. The van der Waals surface area contributed by atoms with E-state index >= 15 is 0 Å². The van der Waals surface area contributed by atoms with Crippen LogP contribution in [0.4, 0.5) is 17.1 Å². The minimum atomic E-state index is -0.473. The van der Waals surface area contributed by atoms with Gasteiger partial charge < -0.3 is 5.32 Å². The van der Waals surface area contributed by atoms with Crippen molar-refractivity contribution in [2.24, 2.45) is 0 Å². The number of thiocarbonyl (C=S) groups is 1. The number of hydrogen-bond donors (Lipinski definition) is 3. The Morgan fingerprint density at radius 2 is 1.81 bits per heavy atom. The molecule has 0 bridgehead atoms. The van der Waals surface area contributed by atoms with Gasteiger partial charge in [-0.2, -0.15) is 0 Å². The van der Waals surface area contributed by atoms with Gasteiger partial charge in [0.05, 0.1) is 4.92 Å². The molecule has 3 N–H and O–H groups in total. The van der Waals surface area contributed by atoms with Gasteiger partial charge in [-0.05, 0) is 42.5 Å². The number of nitrogens with zero attached hydrogens (tertiary/aromatic N) is 1. The predicted molar refractivity (Wildman–Crippen MR) is 87.5 cm³/mol. The number of hydrazine groups is 1. The van der Waals surface area contributed by atoms with Crippen molar-refractivity contribution in [2.45, 2.75) is 0 Å². The molecule has 2 aromatic carbocycles. The van der Waals surface area contributed by atoms with Gasteiger partial charge >= 0.3 is 0 Å². The van der Waals surface area contributed by atoms with Gasteiger partial charge in [-0.3, -0.25) is 21.0 Å². The first-order valence-electron chi connectivity index (χ1n) is 5.88. The summed E-state index contributed by atoms with van der Waals surface area (Å²) in [5, 5.41) is 14.7. The molecule has 0 fully saturated rings. The Kier molecular flexibility index (Phi) is 4.91. The van der Waals surface area contributed by atoms with E-state index in [4.69, 9.17) is 23.8 Å². The van der Waals surface area contributed by atoms with Crippen molar-refractivity contribution in [3.8, 4) is 0 Å². The lowest BCUT2D eigenvalue weighted by Crippen LogP contribution is -2.33. The summed E-state index contributed by atoms with van der Waals surface area (Å²) in [6.45, 7) is 0. The molecule has 2 rings (SSSR count). The Morgan fingerprint density at radius 3 is 2.48 bits per heavy atom. The third-order valence-corrected chi connectivity index (χ3v) is 2.97. The van der Waals surface area contributed by atoms with Crippen LogP contribution in [0, 0.1) is 10.1 Å². The van der Waals surface area contributed by atoms with Crippen LogP contribution in [-0.2, 0) is 0 Å². The van der Waals surface area contributed by atoms with E-state index in [0.717, 1.165) is 5.69 Å². The topological polar surface area (TPSA) is 79.2 Å². The van der Waals surface area contributed by atoms with Crippen molar-refractivity contribution < 1.29 is 4.92 Å². The summed E-state index contributed by atoms with van der Waals surface area (Å²) in [6.07, 6.45) is 0. The molecule has 0 heterocycles. The highest BCUT2D eigenvalue weighted by Gasteiger charge is 2.11. The quantitative estimate of drug-likeness (QED) is 0.454. The van der Waals surface area contributed by atoms with Crippen LogP contribution in [0.5, 0.6) is 0 Å². The Hall–Kier alpha value is -2.38. The Balaban J connectivity index is 1.95. The van der Waals surface area contributed by atoms with Gasteiger partial charge in [-0.15, -0.1) is 0 Å². The molecule has 0 aliphatic rings. The van der Waals surface area contributed by atoms with Crippen LogP contribution in [-0.4, -0.2) is 10.0 Å². The third-order valence-electron chi connectivity index (χ3n) is 2.51. The van der Waals surface area contributed by atoms with E-state index in [2.05, 4.69) is 16.2 Å². The molecule has 0 amide bonds. The van der Waals surface area contributed by atoms with Gasteiger partial charge in [-0.1, -0.05) is 23.7 Å². The number of nitrogens with one attached hydrogen (secondary N) is 3. The van der Waals surface area contributed by atoms with Crippen molar-refractivity contribution >= 4 is 46.0 Å². The third kappa shape index (κ3) is 4.30. The summed E-state index contributed by atoms with van der Waals surface area (Å²) < 4.78 is 0. The number of halogens is 1. The number of rotatable bonds is 4. The smallest absolute Gasteiger partial charge is 0.294 e. The number of benzene rings is 2. The molecular weight excluding hydrogens is 312 g/mol. The first-order chi connectivity index (χ1) is 10.1. The van der Waals surface area contributed by atoms with Crippen molar-refractivity contribution in [1.29, 1.82) is 0 Å². The lowest BCUT2D eigenvalue weighted by Gasteiger charge is -2.12. The molecule has 0 saturated heterocycles. The number of anilines is 2. The molecule has 2 aromatic rings.